The summed E-state index contributed by atoms with van der Waals surface area (Å²) in [6.45, 7) is 9.65. The second-order valence-electron chi connectivity index (χ2n) is 7.35. The van der Waals surface area contributed by atoms with E-state index in [9.17, 15) is 14.9 Å². The molecular weight excluding hydrogens is 306 g/mol. The molecule has 1 aromatic rings. The topological polar surface area (TPSA) is 75.5 Å². The van der Waals surface area contributed by atoms with Gasteiger partial charge in [0, 0.05) is 30.3 Å². The van der Waals surface area contributed by atoms with Gasteiger partial charge in [-0.3, -0.25) is 14.9 Å². The molecule has 1 saturated heterocycles. The van der Waals surface area contributed by atoms with Crippen molar-refractivity contribution in [2.45, 2.75) is 52.5 Å². The number of benzene rings is 1. The van der Waals surface area contributed by atoms with E-state index >= 15 is 0 Å². The minimum Gasteiger partial charge on any atom is -0.366 e. The van der Waals surface area contributed by atoms with Gasteiger partial charge in [-0.1, -0.05) is 13.8 Å². The number of amides is 1. The van der Waals surface area contributed by atoms with Crippen molar-refractivity contribution in [3.8, 4) is 0 Å². The molecule has 2 rings (SSSR count). The van der Waals surface area contributed by atoms with Gasteiger partial charge in [-0.25, -0.2) is 0 Å². The maximum atomic E-state index is 12.4. The van der Waals surface area contributed by atoms with Gasteiger partial charge < -0.3 is 10.2 Å². The first-order valence-corrected chi connectivity index (χ1v) is 8.59. The van der Waals surface area contributed by atoms with Crippen LogP contribution in [0.5, 0.6) is 0 Å². The quantitative estimate of drug-likeness (QED) is 0.658. The Kier molecular flexibility index (Phi) is 5.47. The molecule has 1 heterocycles. The molecule has 1 N–H and O–H groups in total. The molecule has 0 bridgehead atoms. The molecule has 1 aliphatic rings. The lowest BCUT2D eigenvalue weighted by atomic mass is 9.98. The van der Waals surface area contributed by atoms with Crippen LogP contribution in [0.1, 0.15) is 57.3 Å². The van der Waals surface area contributed by atoms with Crippen LogP contribution in [0, 0.1) is 16.0 Å². The van der Waals surface area contributed by atoms with E-state index in [4.69, 9.17) is 0 Å². The molecule has 6 nitrogen and oxygen atoms in total. The summed E-state index contributed by atoms with van der Waals surface area (Å²) < 4.78 is 0. The molecule has 132 valence electrons. The van der Waals surface area contributed by atoms with Crippen molar-refractivity contribution in [2.75, 3.05) is 18.0 Å². The van der Waals surface area contributed by atoms with Crippen LogP contribution in [-0.4, -0.2) is 29.5 Å². The van der Waals surface area contributed by atoms with Gasteiger partial charge in [-0.05, 0) is 51.2 Å². The Morgan fingerprint density at radius 1 is 1.46 bits per heavy atom. The molecule has 6 heteroatoms. The van der Waals surface area contributed by atoms with Crippen molar-refractivity contribution < 1.29 is 9.72 Å². The minimum absolute atomic E-state index is 0.00561. The number of carbonyl (C=O) groups excluding carboxylic acids is 1. The molecule has 0 aliphatic carbocycles. The summed E-state index contributed by atoms with van der Waals surface area (Å²) in [5, 5.41) is 14.4. The predicted octanol–water partition coefficient (Wildman–Crippen LogP) is 3.75. The maximum absolute atomic E-state index is 12.4. The van der Waals surface area contributed by atoms with Gasteiger partial charge in [0.2, 0.25) is 0 Å². The summed E-state index contributed by atoms with van der Waals surface area (Å²) in [5.41, 5.74) is 0.605. The predicted molar refractivity (Wildman–Crippen MR) is 95.5 cm³/mol. The summed E-state index contributed by atoms with van der Waals surface area (Å²) in [5.74, 6) is 0.246. The van der Waals surface area contributed by atoms with Crippen molar-refractivity contribution in [3.63, 3.8) is 0 Å². The third-order valence-electron chi connectivity index (χ3n) is 4.77. The Morgan fingerprint density at radius 2 is 2.17 bits per heavy atom. The van der Waals surface area contributed by atoms with Crippen molar-refractivity contribution in [1.82, 2.24) is 5.32 Å². The van der Waals surface area contributed by atoms with E-state index in [-0.39, 0.29) is 17.1 Å². The average molecular weight is 333 g/mol. The highest BCUT2D eigenvalue weighted by atomic mass is 16.6. The molecule has 1 aromatic carbocycles. The zero-order chi connectivity index (χ0) is 17.9. The Morgan fingerprint density at radius 3 is 2.75 bits per heavy atom. The van der Waals surface area contributed by atoms with E-state index < -0.39 is 4.92 Å². The lowest BCUT2D eigenvalue weighted by Gasteiger charge is -2.32. The summed E-state index contributed by atoms with van der Waals surface area (Å²) in [6, 6.07) is 4.79. The van der Waals surface area contributed by atoms with E-state index in [2.05, 4.69) is 17.1 Å². The molecule has 1 atom stereocenters. The monoisotopic (exact) mass is 333 g/mol. The number of nitro groups is 1. The zero-order valence-electron chi connectivity index (χ0n) is 15.0. The number of nitrogens with zero attached hydrogens (tertiary/aromatic N) is 2. The molecule has 1 fully saturated rings. The minimum atomic E-state index is -0.393. The fourth-order valence-electron chi connectivity index (χ4n) is 2.95. The Balaban J connectivity index is 2.29. The highest BCUT2D eigenvalue weighted by Crippen LogP contribution is 2.32. The van der Waals surface area contributed by atoms with Crippen LogP contribution >= 0.6 is 0 Å². The Labute approximate surface area is 143 Å². The van der Waals surface area contributed by atoms with Crippen LogP contribution in [0.15, 0.2) is 18.2 Å². The molecule has 0 radical (unpaired) electrons. The third-order valence-corrected chi connectivity index (χ3v) is 4.77. The van der Waals surface area contributed by atoms with Gasteiger partial charge in [0.25, 0.3) is 11.6 Å². The van der Waals surface area contributed by atoms with Gasteiger partial charge in [0.1, 0.15) is 5.69 Å². The van der Waals surface area contributed by atoms with Gasteiger partial charge in [-0.15, -0.1) is 0 Å². The SMILES string of the molecule is CCC(C)(C)NC(=O)c1ccc(N2CCC[C@H](C)C2)c([N+](=O)[O-])c1. The molecule has 0 unspecified atom stereocenters. The fraction of sp³-hybridized carbons (Fsp3) is 0.611. The van der Waals surface area contributed by atoms with Gasteiger partial charge in [0.05, 0.1) is 4.92 Å². The highest BCUT2D eigenvalue weighted by molar-refractivity contribution is 5.96. The van der Waals surface area contributed by atoms with E-state index in [0.717, 1.165) is 32.4 Å². The number of anilines is 1. The van der Waals surface area contributed by atoms with Crippen molar-refractivity contribution in [1.29, 1.82) is 0 Å². The Hall–Kier alpha value is -2.11. The van der Waals surface area contributed by atoms with E-state index in [1.807, 2.05) is 20.8 Å². The first-order valence-electron chi connectivity index (χ1n) is 8.59. The highest BCUT2D eigenvalue weighted by Gasteiger charge is 2.26. The number of nitro benzene ring substituents is 1. The molecule has 0 spiro atoms. The number of rotatable bonds is 5. The van der Waals surface area contributed by atoms with Crippen molar-refractivity contribution in [3.05, 3.63) is 33.9 Å². The number of carbonyl (C=O) groups is 1. The molecule has 1 amide bonds. The second kappa shape index (κ2) is 7.20. The lowest BCUT2D eigenvalue weighted by molar-refractivity contribution is -0.384. The number of hydrogen-bond acceptors (Lipinski definition) is 4. The molecule has 1 aliphatic heterocycles. The van der Waals surface area contributed by atoms with Gasteiger partial charge in [-0.2, -0.15) is 0 Å². The van der Waals surface area contributed by atoms with E-state index in [1.165, 1.54) is 6.07 Å². The summed E-state index contributed by atoms with van der Waals surface area (Å²) in [7, 11) is 0. The fourth-order valence-corrected chi connectivity index (χ4v) is 2.95. The summed E-state index contributed by atoms with van der Waals surface area (Å²) in [4.78, 5) is 25.6. The number of hydrogen-bond donors (Lipinski definition) is 1. The smallest absolute Gasteiger partial charge is 0.293 e. The number of piperidine rings is 1. The van der Waals surface area contributed by atoms with Crippen LogP contribution in [0.2, 0.25) is 0 Å². The molecule has 24 heavy (non-hydrogen) atoms. The maximum Gasteiger partial charge on any atom is 0.293 e. The second-order valence-corrected chi connectivity index (χ2v) is 7.35. The summed E-state index contributed by atoms with van der Waals surface area (Å²) in [6.07, 6.45) is 2.96. The van der Waals surface area contributed by atoms with Gasteiger partial charge >= 0.3 is 0 Å². The summed E-state index contributed by atoms with van der Waals surface area (Å²) >= 11 is 0. The molecule has 0 aromatic heterocycles. The van der Waals surface area contributed by atoms with E-state index in [0.29, 0.717) is 17.2 Å². The molecular formula is C18H27N3O3. The lowest BCUT2D eigenvalue weighted by Crippen LogP contribution is -2.42. The molecule has 0 saturated carbocycles. The van der Waals surface area contributed by atoms with Crippen LogP contribution in [0.3, 0.4) is 0 Å². The van der Waals surface area contributed by atoms with Crippen LogP contribution in [0.4, 0.5) is 11.4 Å². The third kappa shape index (κ3) is 4.24. The van der Waals surface area contributed by atoms with E-state index in [1.54, 1.807) is 12.1 Å². The first kappa shape index (κ1) is 18.2. The average Bonchev–Trinajstić information content (AvgIpc) is 2.53. The Bertz CT molecular complexity index is 628. The zero-order valence-corrected chi connectivity index (χ0v) is 15.0. The van der Waals surface area contributed by atoms with Crippen molar-refractivity contribution in [2.24, 2.45) is 5.92 Å². The normalized spacial score (nSPS) is 18.3. The first-order chi connectivity index (χ1) is 11.2. The standard InChI is InChI=1S/C18H27N3O3/c1-5-18(3,4)19-17(22)14-8-9-15(16(11-14)21(23)24)20-10-6-7-13(2)12-20/h8-9,11,13H,5-7,10,12H2,1-4H3,(H,19,22)/t13-/m0/s1. The largest absolute Gasteiger partial charge is 0.366 e. The van der Waals surface area contributed by atoms with Crippen LogP contribution in [-0.2, 0) is 0 Å². The van der Waals surface area contributed by atoms with Crippen LogP contribution < -0.4 is 10.2 Å². The van der Waals surface area contributed by atoms with Crippen molar-refractivity contribution >= 4 is 17.3 Å². The number of nitrogens with one attached hydrogen (secondary N) is 1. The van der Waals surface area contributed by atoms with Crippen LogP contribution in [0.25, 0.3) is 0 Å². The van der Waals surface area contributed by atoms with Gasteiger partial charge in [0.15, 0.2) is 0 Å².